The number of aryl methyl sites for hydroxylation is 2. The summed E-state index contributed by atoms with van der Waals surface area (Å²) < 4.78 is 6.92. The summed E-state index contributed by atoms with van der Waals surface area (Å²) in [5, 5.41) is 14.2. The van der Waals surface area contributed by atoms with Crippen LogP contribution < -0.4 is 10.6 Å². The number of hydrogen-bond donors (Lipinski definition) is 2. The minimum absolute atomic E-state index is 0.458. The summed E-state index contributed by atoms with van der Waals surface area (Å²) in [7, 11) is 1.72. The van der Waals surface area contributed by atoms with E-state index in [9.17, 15) is 0 Å². The van der Waals surface area contributed by atoms with E-state index in [1.807, 2.05) is 16.9 Å². The molecular weight excluding hydrogens is 258 g/mol. The second kappa shape index (κ2) is 7.27. The first-order valence-electron chi connectivity index (χ1n) is 6.49. The Hall–Kier alpha value is -2.38. The Kier molecular flexibility index (Phi) is 5.10. The van der Waals surface area contributed by atoms with Crippen molar-refractivity contribution < 1.29 is 4.52 Å². The third kappa shape index (κ3) is 4.38. The van der Waals surface area contributed by atoms with E-state index in [4.69, 9.17) is 4.52 Å². The van der Waals surface area contributed by atoms with Crippen molar-refractivity contribution in [2.45, 2.75) is 26.4 Å². The van der Waals surface area contributed by atoms with Crippen molar-refractivity contribution in [3.05, 3.63) is 30.2 Å². The normalized spacial score (nSPS) is 11.6. The molecule has 0 unspecified atom stereocenters. The van der Waals surface area contributed by atoms with Gasteiger partial charge in [-0.1, -0.05) is 5.16 Å². The number of guanidine groups is 1. The molecule has 0 amide bonds. The third-order valence-electron chi connectivity index (χ3n) is 2.62. The van der Waals surface area contributed by atoms with Crippen molar-refractivity contribution in [1.29, 1.82) is 0 Å². The molecule has 20 heavy (non-hydrogen) atoms. The lowest BCUT2D eigenvalue weighted by Crippen LogP contribution is -2.37. The maximum atomic E-state index is 5.02. The van der Waals surface area contributed by atoms with E-state index < -0.39 is 0 Å². The molecule has 2 aromatic heterocycles. The summed E-state index contributed by atoms with van der Waals surface area (Å²) in [4.78, 5) is 8.24. The molecular formula is C12H19N7O. The fourth-order valence-electron chi connectivity index (χ4n) is 1.67. The van der Waals surface area contributed by atoms with E-state index in [2.05, 4.69) is 30.9 Å². The van der Waals surface area contributed by atoms with Crippen LogP contribution in [0.15, 0.2) is 28.0 Å². The van der Waals surface area contributed by atoms with Crippen LogP contribution in [-0.4, -0.2) is 39.5 Å². The summed E-state index contributed by atoms with van der Waals surface area (Å²) in [5.74, 6) is 1.88. The van der Waals surface area contributed by atoms with Crippen molar-refractivity contribution in [2.75, 3.05) is 13.6 Å². The van der Waals surface area contributed by atoms with Crippen molar-refractivity contribution in [2.24, 2.45) is 4.99 Å². The highest BCUT2D eigenvalue weighted by molar-refractivity contribution is 5.79. The van der Waals surface area contributed by atoms with Gasteiger partial charge in [-0.2, -0.15) is 10.1 Å². The van der Waals surface area contributed by atoms with Crippen molar-refractivity contribution in [3.8, 4) is 0 Å². The number of hydrogen-bond acceptors (Lipinski definition) is 5. The summed E-state index contributed by atoms with van der Waals surface area (Å²) in [6.07, 6.45) is 4.69. The predicted octanol–water partition coefficient (Wildman–Crippen LogP) is 0.330. The number of nitrogens with zero attached hydrogens (tertiary/aromatic N) is 5. The lowest BCUT2D eigenvalue weighted by molar-refractivity contribution is 0.371. The second-order valence-electron chi connectivity index (χ2n) is 4.21. The van der Waals surface area contributed by atoms with Crippen LogP contribution in [0.5, 0.6) is 0 Å². The molecule has 108 valence electrons. The van der Waals surface area contributed by atoms with Gasteiger partial charge in [-0.05, 0) is 19.4 Å². The summed E-state index contributed by atoms with van der Waals surface area (Å²) >= 11 is 0. The highest BCUT2D eigenvalue weighted by Gasteiger charge is 2.03. The first kappa shape index (κ1) is 14.0. The molecule has 0 fully saturated rings. The fraction of sp³-hybridized carbons (Fsp3) is 0.500. The van der Waals surface area contributed by atoms with Gasteiger partial charge in [-0.15, -0.1) is 0 Å². The summed E-state index contributed by atoms with van der Waals surface area (Å²) in [6, 6.07) is 1.92. The van der Waals surface area contributed by atoms with Crippen LogP contribution in [0.2, 0.25) is 0 Å². The van der Waals surface area contributed by atoms with E-state index in [0.29, 0.717) is 24.2 Å². The van der Waals surface area contributed by atoms with Crippen LogP contribution in [0, 0.1) is 6.92 Å². The molecule has 0 aliphatic carbocycles. The second-order valence-corrected chi connectivity index (χ2v) is 4.21. The van der Waals surface area contributed by atoms with E-state index in [1.165, 1.54) is 0 Å². The summed E-state index contributed by atoms with van der Waals surface area (Å²) in [5.41, 5.74) is 0. The highest BCUT2D eigenvalue weighted by atomic mass is 16.5. The van der Waals surface area contributed by atoms with Crippen molar-refractivity contribution in [3.63, 3.8) is 0 Å². The Labute approximate surface area is 117 Å². The molecule has 2 rings (SSSR count). The molecule has 0 aromatic carbocycles. The molecule has 2 heterocycles. The molecule has 0 bridgehead atoms. The molecule has 0 saturated carbocycles. The minimum atomic E-state index is 0.458. The van der Waals surface area contributed by atoms with Crippen LogP contribution in [0.25, 0.3) is 0 Å². The Morgan fingerprint density at radius 1 is 1.45 bits per heavy atom. The molecule has 0 saturated heterocycles. The van der Waals surface area contributed by atoms with Gasteiger partial charge in [-0.3, -0.25) is 9.67 Å². The van der Waals surface area contributed by atoms with Crippen molar-refractivity contribution in [1.82, 2.24) is 30.6 Å². The molecule has 8 nitrogen and oxygen atoms in total. The Morgan fingerprint density at radius 3 is 3.00 bits per heavy atom. The van der Waals surface area contributed by atoms with Crippen LogP contribution in [0.3, 0.4) is 0 Å². The minimum Gasteiger partial charge on any atom is -0.356 e. The number of rotatable bonds is 6. The lowest BCUT2D eigenvalue weighted by atomic mass is 10.4. The van der Waals surface area contributed by atoms with Gasteiger partial charge in [0.25, 0.3) is 0 Å². The maximum absolute atomic E-state index is 5.02. The molecule has 8 heteroatoms. The molecule has 0 radical (unpaired) electrons. The molecule has 2 N–H and O–H groups in total. The summed E-state index contributed by atoms with van der Waals surface area (Å²) in [6.45, 7) is 3.93. The molecule has 0 aliphatic rings. The van der Waals surface area contributed by atoms with Gasteiger partial charge >= 0.3 is 0 Å². The molecule has 0 spiro atoms. The lowest BCUT2D eigenvalue weighted by Gasteiger charge is -2.10. The van der Waals surface area contributed by atoms with Gasteiger partial charge in [0.2, 0.25) is 5.89 Å². The Balaban J connectivity index is 1.65. The predicted molar refractivity (Wildman–Crippen MR) is 74.1 cm³/mol. The first-order valence-corrected chi connectivity index (χ1v) is 6.49. The molecule has 0 aliphatic heterocycles. The quantitative estimate of drug-likeness (QED) is 0.449. The molecule has 0 atom stereocenters. The van der Waals surface area contributed by atoms with Crippen LogP contribution >= 0.6 is 0 Å². The van der Waals surface area contributed by atoms with E-state index in [1.54, 1.807) is 20.2 Å². The monoisotopic (exact) mass is 277 g/mol. The zero-order chi connectivity index (χ0) is 14.2. The number of aliphatic imine (C=N–C) groups is 1. The van der Waals surface area contributed by atoms with Crippen LogP contribution in [0.1, 0.15) is 18.1 Å². The average molecular weight is 277 g/mol. The first-order chi connectivity index (χ1) is 9.78. The van der Waals surface area contributed by atoms with Gasteiger partial charge in [0.15, 0.2) is 11.8 Å². The topological polar surface area (TPSA) is 93.2 Å². The van der Waals surface area contributed by atoms with Gasteiger partial charge in [0, 0.05) is 32.5 Å². The smallest absolute Gasteiger partial charge is 0.246 e. The highest BCUT2D eigenvalue weighted by Crippen LogP contribution is 1.94. The standard InChI is InChI=1S/C12H19N7O/c1-10-17-11(20-18-10)9-15-12(13-2)14-5-3-7-19-8-4-6-16-19/h4,6,8H,3,5,7,9H2,1-2H3,(H2,13,14,15). The zero-order valence-electron chi connectivity index (χ0n) is 11.7. The van der Waals surface area contributed by atoms with E-state index in [-0.39, 0.29) is 0 Å². The largest absolute Gasteiger partial charge is 0.356 e. The number of aromatic nitrogens is 4. The third-order valence-corrected chi connectivity index (χ3v) is 2.62. The van der Waals surface area contributed by atoms with Crippen LogP contribution in [-0.2, 0) is 13.1 Å². The SMILES string of the molecule is CN=C(NCCCn1cccn1)NCc1nc(C)no1. The van der Waals surface area contributed by atoms with E-state index >= 15 is 0 Å². The van der Waals surface area contributed by atoms with E-state index in [0.717, 1.165) is 19.5 Å². The van der Waals surface area contributed by atoms with Crippen molar-refractivity contribution >= 4 is 5.96 Å². The van der Waals surface area contributed by atoms with Gasteiger partial charge < -0.3 is 15.2 Å². The van der Waals surface area contributed by atoms with Gasteiger partial charge in [-0.25, -0.2) is 0 Å². The van der Waals surface area contributed by atoms with Gasteiger partial charge in [0.1, 0.15) is 0 Å². The average Bonchev–Trinajstić information content (AvgIpc) is 3.09. The Bertz CT molecular complexity index is 532. The zero-order valence-corrected chi connectivity index (χ0v) is 11.7. The van der Waals surface area contributed by atoms with Gasteiger partial charge in [0.05, 0.1) is 6.54 Å². The Morgan fingerprint density at radius 2 is 2.35 bits per heavy atom. The molecule has 2 aromatic rings. The fourth-order valence-corrected chi connectivity index (χ4v) is 1.67. The maximum Gasteiger partial charge on any atom is 0.246 e. The number of nitrogens with one attached hydrogen (secondary N) is 2. The van der Waals surface area contributed by atoms with Crippen LogP contribution in [0.4, 0.5) is 0 Å².